The topological polar surface area (TPSA) is 46.6 Å². The van der Waals surface area contributed by atoms with Crippen LogP contribution in [0.1, 0.15) is 24.5 Å². The van der Waals surface area contributed by atoms with Crippen molar-refractivity contribution in [2.45, 2.75) is 26.2 Å². The van der Waals surface area contributed by atoms with E-state index in [-0.39, 0.29) is 5.75 Å². The number of sulfonamides is 1. The van der Waals surface area contributed by atoms with Crippen molar-refractivity contribution < 1.29 is 13.2 Å². The van der Waals surface area contributed by atoms with Gasteiger partial charge in [0.2, 0.25) is 10.0 Å². The van der Waals surface area contributed by atoms with E-state index in [2.05, 4.69) is 6.07 Å². The van der Waals surface area contributed by atoms with Crippen LogP contribution in [0.2, 0.25) is 0 Å². The molecule has 0 N–H and O–H groups in total. The highest BCUT2D eigenvalue weighted by Crippen LogP contribution is 2.26. The van der Waals surface area contributed by atoms with Crippen LogP contribution in [0.5, 0.6) is 5.75 Å². The molecule has 1 aromatic rings. The molecular weight excluding hydrogens is 262 g/mol. The van der Waals surface area contributed by atoms with Gasteiger partial charge >= 0.3 is 0 Å². The van der Waals surface area contributed by atoms with Gasteiger partial charge in [0.25, 0.3) is 0 Å². The quantitative estimate of drug-likeness (QED) is 0.800. The van der Waals surface area contributed by atoms with Crippen molar-refractivity contribution in [2.24, 2.45) is 0 Å². The van der Waals surface area contributed by atoms with Crippen LogP contribution in [0.15, 0.2) is 18.2 Å². The van der Waals surface area contributed by atoms with Crippen LogP contribution in [-0.2, 0) is 22.9 Å². The molecule has 4 nitrogen and oxygen atoms in total. The van der Waals surface area contributed by atoms with Gasteiger partial charge in [0, 0.05) is 20.0 Å². The molecule has 106 valence electrons. The Bertz CT molecular complexity index is 540. The molecule has 0 saturated carbocycles. The normalized spacial score (nSPS) is 14.5. The van der Waals surface area contributed by atoms with Gasteiger partial charge in [-0.05, 0) is 30.0 Å². The summed E-state index contributed by atoms with van der Waals surface area (Å²) in [5.41, 5.74) is 2.40. The van der Waals surface area contributed by atoms with Crippen LogP contribution >= 0.6 is 0 Å². The highest BCUT2D eigenvalue weighted by Gasteiger charge is 2.17. The largest absolute Gasteiger partial charge is 0.493 e. The van der Waals surface area contributed by atoms with E-state index in [0.717, 1.165) is 25.2 Å². The van der Waals surface area contributed by atoms with E-state index in [1.165, 1.54) is 15.4 Å². The SMILES string of the molecule is CCCS(=O)(=O)N(C)CCc1ccc2c(c1)CCO2. The number of hydrogen-bond acceptors (Lipinski definition) is 3. The highest BCUT2D eigenvalue weighted by molar-refractivity contribution is 7.89. The van der Waals surface area contributed by atoms with E-state index in [1.54, 1.807) is 7.05 Å². The standard InChI is InChI=1S/C14H21NO3S/c1-3-10-19(16,17)15(2)8-6-12-4-5-14-13(11-12)7-9-18-14/h4-5,11H,3,6-10H2,1-2H3. The van der Waals surface area contributed by atoms with Crippen LogP contribution in [-0.4, -0.2) is 38.7 Å². The van der Waals surface area contributed by atoms with Crippen molar-refractivity contribution >= 4 is 10.0 Å². The summed E-state index contributed by atoms with van der Waals surface area (Å²) >= 11 is 0. The molecule has 1 aliphatic heterocycles. The molecule has 0 aliphatic carbocycles. The van der Waals surface area contributed by atoms with Gasteiger partial charge in [-0.2, -0.15) is 0 Å². The molecule has 19 heavy (non-hydrogen) atoms. The molecule has 0 atom stereocenters. The average Bonchev–Trinajstić information content (AvgIpc) is 2.83. The predicted octanol–water partition coefficient (Wildman–Crippen LogP) is 1.84. The summed E-state index contributed by atoms with van der Waals surface area (Å²) in [6, 6.07) is 6.13. The lowest BCUT2D eigenvalue weighted by atomic mass is 10.1. The zero-order valence-electron chi connectivity index (χ0n) is 11.6. The molecule has 0 bridgehead atoms. The Morgan fingerprint density at radius 2 is 2.16 bits per heavy atom. The second-order valence-corrected chi connectivity index (χ2v) is 7.12. The number of fused-ring (bicyclic) bond motifs is 1. The smallest absolute Gasteiger partial charge is 0.213 e. The number of likely N-dealkylation sites (N-methyl/N-ethyl adjacent to an activating group) is 1. The minimum atomic E-state index is -3.08. The van der Waals surface area contributed by atoms with E-state index in [9.17, 15) is 8.42 Å². The first-order chi connectivity index (χ1) is 9.03. The summed E-state index contributed by atoms with van der Waals surface area (Å²) in [4.78, 5) is 0. The van der Waals surface area contributed by atoms with Crippen molar-refractivity contribution in [2.75, 3.05) is 26.0 Å². The van der Waals surface area contributed by atoms with Crippen LogP contribution in [0.3, 0.4) is 0 Å². The fourth-order valence-corrected chi connectivity index (χ4v) is 3.43. The number of benzene rings is 1. The molecule has 0 radical (unpaired) electrons. The zero-order valence-corrected chi connectivity index (χ0v) is 12.4. The first-order valence-electron chi connectivity index (χ1n) is 6.71. The maximum Gasteiger partial charge on any atom is 0.213 e. The summed E-state index contributed by atoms with van der Waals surface area (Å²) in [5.74, 6) is 1.19. The molecule has 0 aromatic heterocycles. The Kier molecular flexibility index (Phi) is 4.47. The van der Waals surface area contributed by atoms with Gasteiger partial charge in [-0.15, -0.1) is 0 Å². The second-order valence-electron chi connectivity index (χ2n) is 4.93. The molecule has 5 heteroatoms. The molecule has 0 saturated heterocycles. The van der Waals surface area contributed by atoms with Crippen LogP contribution in [0.4, 0.5) is 0 Å². The molecule has 0 fully saturated rings. The third kappa shape index (κ3) is 3.48. The molecular formula is C14H21NO3S. The fraction of sp³-hybridized carbons (Fsp3) is 0.571. The predicted molar refractivity (Wildman–Crippen MR) is 76.1 cm³/mol. The van der Waals surface area contributed by atoms with Crippen molar-refractivity contribution in [1.29, 1.82) is 0 Å². The zero-order chi connectivity index (χ0) is 13.9. The van der Waals surface area contributed by atoms with E-state index in [1.807, 2.05) is 19.1 Å². The van der Waals surface area contributed by atoms with E-state index >= 15 is 0 Å². The summed E-state index contributed by atoms with van der Waals surface area (Å²) in [7, 11) is -1.43. The summed E-state index contributed by atoms with van der Waals surface area (Å²) < 4.78 is 30.6. The molecule has 1 aromatic carbocycles. The second kappa shape index (κ2) is 5.92. The number of ether oxygens (including phenoxy) is 1. The minimum absolute atomic E-state index is 0.224. The Hall–Kier alpha value is -1.07. The van der Waals surface area contributed by atoms with Crippen LogP contribution < -0.4 is 4.74 Å². The molecule has 2 rings (SSSR count). The van der Waals surface area contributed by atoms with Gasteiger partial charge in [-0.1, -0.05) is 19.1 Å². The van der Waals surface area contributed by atoms with Crippen molar-refractivity contribution in [3.05, 3.63) is 29.3 Å². The molecule has 1 aliphatic rings. The Labute approximate surface area is 115 Å². The summed E-state index contributed by atoms with van der Waals surface area (Å²) in [6.07, 6.45) is 2.35. The molecule has 0 unspecified atom stereocenters. The maximum atomic E-state index is 11.8. The minimum Gasteiger partial charge on any atom is -0.493 e. The third-order valence-electron chi connectivity index (χ3n) is 3.41. The van der Waals surface area contributed by atoms with E-state index in [4.69, 9.17) is 4.74 Å². The molecule has 1 heterocycles. The summed E-state index contributed by atoms with van der Waals surface area (Å²) in [6.45, 7) is 3.16. The van der Waals surface area contributed by atoms with Gasteiger partial charge in [0.1, 0.15) is 5.75 Å². The first kappa shape index (κ1) is 14.3. The first-order valence-corrected chi connectivity index (χ1v) is 8.32. The number of rotatable bonds is 6. The number of hydrogen-bond donors (Lipinski definition) is 0. The Balaban J connectivity index is 1.95. The van der Waals surface area contributed by atoms with Crippen LogP contribution in [0.25, 0.3) is 0 Å². The highest BCUT2D eigenvalue weighted by atomic mass is 32.2. The van der Waals surface area contributed by atoms with E-state index < -0.39 is 10.0 Å². The Morgan fingerprint density at radius 3 is 2.89 bits per heavy atom. The fourth-order valence-electron chi connectivity index (χ4n) is 2.23. The summed E-state index contributed by atoms with van der Waals surface area (Å²) in [5, 5.41) is 0. The monoisotopic (exact) mass is 283 g/mol. The maximum absolute atomic E-state index is 11.8. The van der Waals surface area contributed by atoms with Crippen molar-refractivity contribution in [3.8, 4) is 5.75 Å². The molecule has 0 spiro atoms. The average molecular weight is 283 g/mol. The molecule has 0 amide bonds. The van der Waals surface area contributed by atoms with Crippen molar-refractivity contribution in [3.63, 3.8) is 0 Å². The van der Waals surface area contributed by atoms with Gasteiger partial charge in [-0.25, -0.2) is 12.7 Å². The van der Waals surface area contributed by atoms with Gasteiger partial charge in [-0.3, -0.25) is 0 Å². The van der Waals surface area contributed by atoms with Crippen molar-refractivity contribution in [1.82, 2.24) is 4.31 Å². The Morgan fingerprint density at radius 1 is 1.37 bits per heavy atom. The lowest BCUT2D eigenvalue weighted by Gasteiger charge is -2.16. The van der Waals surface area contributed by atoms with E-state index in [0.29, 0.717) is 13.0 Å². The lowest BCUT2D eigenvalue weighted by molar-refractivity contribution is 0.357. The lowest BCUT2D eigenvalue weighted by Crippen LogP contribution is -2.30. The van der Waals surface area contributed by atoms with Crippen LogP contribution in [0, 0.1) is 0 Å². The van der Waals surface area contributed by atoms with Gasteiger partial charge < -0.3 is 4.74 Å². The number of nitrogens with zero attached hydrogens (tertiary/aromatic N) is 1. The third-order valence-corrected chi connectivity index (χ3v) is 5.46. The van der Waals surface area contributed by atoms with Gasteiger partial charge in [0.15, 0.2) is 0 Å². The van der Waals surface area contributed by atoms with Gasteiger partial charge in [0.05, 0.1) is 12.4 Å².